The summed E-state index contributed by atoms with van der Waals surface area (Å²) in [6.07, 6.45) is 1.75. The molecule has 2 heterocycles. The van der Waals surface area contributed by atoms with E-state index in [0.717, 1.165) is 31.4 Å². The van der Waals surface area contributed by atoms with Crippen LogP contribution in [0.1, 0.15) is 19.8 Å². The Hall–Kier alpha value is -1.35. The van der Waals surface area contributed by atoms with Crippen LogP contribution in [-0.2, 0) is 24.1 Å². The monoisotopic (exact) mass is 402 g/mol. The van der Waals surface area contributed by atoms with Gasteiger partial charge in [-0.05, 0) is 50.0 Å². The van der Waals surface area contributed by atoms with Crippen molar-refractivity contribution in [3.63, 3.8) is 0 Å². The molecular formula is C17H27ClN4O3S. The number of sulfonamides is 1. The zero-order valence-corrected chi connectivity index (χ0v) is 17.1. The van der Waals surface area contributed by atoms with Crippen LogP contribution >= 0.6 is 12.4 Å². The third kappa shape index (κ3) is 3.69. The predicted molar refractivity (Wildman–Crippen MR) is 105 cm³/mol. The van der Waals surface area contributed by atoms with Crippen molar-refractivity contribution >= 4 is 33.5 Å². The van der Waals surface area contributed by atoms with E-state index in [4.69, 9.17) is 0 Å². The lowest BCUT2D eigenvalue weighted by Gasteiger charge is -2.31. The Morgan fingerprint density at radius 3 is 2.35 bits per heavy atom. The predicted octanol–water partition coefficient (Wildman–Crippen LogP) is 1.31. The molecule has 1 saturated heterocycles. The third-order valence-corrected chi connectivity index (χ3v) is 7.03. The molecule has 2 aromatic rings. The SMILES string of the molecule is CCNCC1CCN(S(=O)(=O)c2ccc3c(c2)n(C)c(=O)n3C)CC1.Cl. The minimum absolute atomic E-state index is 0. The Labute approximate surface area is 160 Å². The number of halogens is 1. The lowest BCUT2D eigenvalue weighted by Crippen LogP contribution is -2.40. The van der Waals surface area contributed by atoms with Crippen LogP contribution in [0.5, 0.6) is 0 Å². The normalized spacial score (nSPS) is 16.7. The molecule has 0 spiro atoms. The third-order valence-electron chi connectivity index (χ3n) is 5.14. The van der Waals surface area contributed by atoms with E-state index >= 15 is 0 Å². The number of benzene rings is 1. The molecule has 9 heteroatoms. The molecule has 1 aliphatic heterocycles. The Kier molecular flexibility index (Phi) is 6.55. The highest BCUT2D eigenvalue weighted by molar-refractivity contribution is 7.89. The lowest BCUT2D eigenvalue weighted by molar-refractivity contribution is 0.268. The standard InChI is InChI=1S/C17H26N4O3S.ClH/c1-4-18-12-13-7-9-21(10-8-13)25(23,24)14-5-6-15-16(11-14)20(3)17(22)19(15)2;/h5-6,11,13,18H,4,7-10,12H2,1-3H3;1H. The fraction of sp³-hybridized carbons (Fsp3) is 0.588. The van der Waals surface area contributed by atoms with Crippen LogP contribution < -0.4 is 11.0 Å². The molecule has 0 unspecified atom stereocenters. The van der Waals surface area contributed by atoms with Gasteiger partial charge in [0.05, 0.1) is 15.9 Å². The minimum atomic E-state index is -3.53. The second kappa shape index (κ2) is 8.12. The quantitative estimate of drug-likeness (QED) is 0.818. The zero-order valence-electron chi connectivity index (χ0n) is 15.4. The fourth-order valence-corrected chi connectivity index (χ4v) is 4.99. The van der Waals surface area contributed by atoms with Crippen LogP contribution in [0.15, 0.2) is 27.9 Å². The van der Waals surface area contributed by atoms with Gasteiger partial charge in [0.1, 0.15) is 0 Å². The van der Waals surface area contributed by atoms with Gasteiger partial charge in [0, 0.05) is 27.2 Å². The first-order chi connectivity index (χ1) is 11.9. The Bertz CT molecular complexity index is 927. The summed E-state index contributed by atoms with van der Waals surface area (Å²) in [5.74, 6) is 0.531. The molecule has 0 aliphatic carbocycles. The number of rotatable bonds is 5. The molecule has 0 bridgehead atoms. The topological polar surface area (TPSA) is 76.3 Å². The molecule has 0 radical (unpaired) electrons. The minimum Gasteiger partial charge on any atom is -0.317 e. The highest BCUT2D eigenvalue weighted by atomic mass is 35.5. The second-order valence-corrected chi connectivity index (χ2v) is 8.64. The number of nitrogens with one attached hydrogen (secondary N) is 1. The van der Waals surface area contributed by atoms with Gasteiger partial charge in [0.25, 0.3) is 0 Å². The van der Waals surface area contributed by atoms with E-state index in [2.05, 4.69) is 12.2 Å². The molecule has 1 aliphatic rings. The zero-order chi connectivity index (χ0) is 18.2. The Morgan fingerprint density at radius 1 is 1.12 bits per heavy atom. The van der Waals surface area contributed by atoms with Crippen LogP contribution in [0.3, 0.4) is 0 Å². The molecule has 1 N–H and O–H groups in total. The lowest BCUT2D eigenvalue weighted by atomic mass is 9.98. The fourth-order valence-electron chi connectivity index (χ4n) is 3.50. The average Bonchev–Trinajstić information content (AvgIpc) is 2.84. The Morgan fingerprint density at radius 2 is 1.73 bits per heavy atom. The molecule has 0 atom stereocenters. The summed E-state index contributed by atoms with van der Waals surface area (Å²) in [7, 11) is -0.181. The smallest absolute Gasteiger partial charge is 0.317 e. The molecule has 7 nitrogen and oxygen atoms in total. The largest absolute Gasteiger partial charge is 0.328 e. The maximum absolute atomic E-state index is 13.0. The summed E-state index contributed by atoms with van der Waals surface area (Å²) in [5.41, 5.74) is 1.21. The van der Waals surface area contributed by atoms with E-state index in [1.807, 2.05) is 0 Å². The summed E-state index contributed by atoms with van der Waals surface area (Å²) < 4.78 is 30.5. The number of imidazole rings is 1. The van der Waals surface area contributed by atoms with Crippen molar-refractivity contribution in [2.75, 3.05) is 26.2 Å². The van der Waals surface area contributed by atoms with E-state index in [1.54, 1.807) is 36.6 Å². The number of hydrogen-bond acceptors (Lipinski definition) is 4. The Balaban J connectivity index is 0.00000243. The van der Waals surface area contributed by atoms with Crippen molar-refractivity contribution < 1.29 is 8.42 Å². The average molecular weight is 403 g/mol. The maximum atomic E-state index is 13.0. The van der Waals surface area contributed by atoms with Crippen molar-refractivity contribution in [2.45, 2.75) is 24.7 Å². The molecule has 0 amide bonds. The molecule has 1 aromatic heterocycles. The van der Waals surface area contributed by atoms with Crippen molar-refractivity contribution in [1.82, 2.24) is 18.8 Å². The van der Waals surface area contributed by atoms with Gasteiger partial charge in [0.15, 0.2) is 0 Å². The molecule has 1 aromatic carbocycles. The first-order valence-corrected chi connectivity index (χ1v) is 10.2. The summed E-state index contributed by atoms with van der Waals surface area (Å²) in [6, 6.07) is 4.92. The first-order valence-electron chi connectivity index (χ1n) is 8.72. The summed E-state index contributed by atoms with van der Waals surface area (Å²) in [5, 5.41) is 3.33. The van der Waals surface area contributed by atoms with Crippen LogP contribution in [0.4, 0.5) is 0 Å². The van der Waals surface area contributed by atoms with Gasteiger partial charge in [0.2, 0.25) is 10.0 Å². The van der Waals surface area contributed by atoms with E-state index in [1.165, 1.54) is 9.13 Å². The second-order valence-electron chi connectivity index (χ2n) is 6.71. The summed E-state index contributed by atoms with van der Waals surface area (Å²) in [4.78, 5) is 12.3. The van der Waals surface area contributed by atoms with Gasteiger partial charge in [-0.25, -0.2) is 13.2 Å². The van der Waals surface area contributed by atoms with Crippen molar-refractivity contribution in [3.05, 3.63) is 28.7 Å². The van der Waals surface area contributed by atoms with Crippen molar-refractivity contribution in [2.24, 2.45) is 20.0 Å². The molecular weight excluding hydrogens is 376 g/mol. The van der Waals surface area contributed by atoms with Gasteiger partial charge in [-0.15, -0.1) is 12.4 Å². The first kappa shape index (κ1) is 21.0. The number of piperidine rings is 1. The van der Waals surface area contributed by atoms with E-state index in [0.29, 0.717) is 24.5 Å². The van der Waals surface area contributed by atoms with Crippen LogP contribution in [-0.4, -0.2) is 48.0 Å². The summed E-state index contributed by atoms with van der Waals surface area (Å²) in [6.45, 7) is 5.05. The molecule has 26 heavy (non-hydrogen) atoms. The number of fused-ring (bicyclic) bond motifs is 1. The number of hydrogen-bond donors (Lipinski definition) is 1. The van der Waals surface area contributed by atoms with Crippen molar-refractivity contribution in [1.29, 1.82) is 0 Å². The van der Waals surface area contributed by atoms with Crippen LogP contribution in [0, 0.1) is 5.92 Å². The van der Waals surface area contributed by atoms with E-state index in [-0.39, 0.29) is 23.0 Å². The molecule has 146 valence electrons. The highest BCUT2D eigenvalue weighted by Gasteiger charge is 2.29. The van der Waals surface area contributed by atoms with Gasteiger partial charge in [-0.1, -0.05) is 6.92 Å². The number of nitrogens with zero attached hydrogens (tertiary/aromatic N) is 3. The molecule has 0 saturated carbocycles. The number of aryl methyl sites for hydroxylation is 2. The van der Waals surface area contributed by atoms with Gasteiger partial charge >= 0.3 is 5.69 Å². The summed E-state index contributed by atoms with van der Waals surface area (Å²) >= 11 is 0. The van der Waals surface area contributed by atoms with E-state index < -0.39 is 10.0 Å². The molecule has 3 rings (SSSR count). The van der Waals surface area contributed by atoms with Gasteiger partial charge in [-0.2, -0.15) is 4.31 Å². The van der Waals surface area contributed by atoms with E-state index in [9.17, 15) is 13.2 Å². The van der Waals surface area contributed by atoms with Crippen LogP contribution in [0.25, 0.3) is 11.0 Å². The van der Waals surface area contributed by atoms with Crippen molar-refractivity contribution in [3.8, 4) is 0 Å². The van der Waals surface area contributed by atoms with Gasteiger partial charge < -0.3 is 5.32 Å². The maximum Gasteiger partial charge on any atom is 0.328 e. The molecule has 1 fully saturated rings. The van der Waals surface area contributed by atoms with Crippen LogP contribution in [0.2, 0.25) is 0 Å². The number of aromatic nitrogens is 2. The highest BCUT2D eigenvalue weighted by Crippen LogP contribution is 2.25. The van der Waals surface area contributed by atoms with Gasteiger partial charge in [-0.3, -0.25) is 9.13 Å².